The first-order valence-electron chi connectivity index (χ1n) is 11.6. The monoisotopic (exact) mass is 460 g/mol. The molecule has 3 heterocycles. The first kappa shape index (κ1) is 21.9. The summed E-state index contributed by atoms with van der Waals surface area (Å²) < 4.78 is 0. The number of urea groups is 1. The smallest absolute Gasteiger partial charge is 0.321 e. The van der Waals surface area contributed by atoms with Crippen LogP contribution >= 0.6 is 0 Å². The number of Topliss-reactive ketones (excluding diaryl/α,β-unsaturated/α-hetero) is 1. The first-order chi connectivity index (χ1) is 16.4. The van der Waals surface area contributed by atoms with Crippen LogP contribution < -0.4 is 21.3 Å². The molecule has 4 N–H and O–H groups in total. The number of aliphatic imine (C=N–C) groups is 1. The molecule has 2 aromatic carbocycles. The highest BCUT2D eigenvalue weighted by atomic mass is 16.2. The van der Waals surface area contributed by atoms with Gasteiger partial charge in [-0.3, -0.25) is 19.5 Å². The van der Waals surface area contributed by atoms with Crippen LogP contribution in [0.4, 0.5) is 10.5 Å². The molecule has 3 amide bonds. The molecule has 9 nitrogen and oxygen atoms in total. The number of nitrogens with zero attached hydrogens (tertiary/aromatic N) is 3. The summed E-state index contributed by atoms with van der Waals surface area (Å²) in [7, 11) is 0. The summed E-state index contributed by atoms with van der Waals surface area (Å²) in [6.45, 7) is 3.06. The van der Waals surface area contributed by atoms with E-state index >= 15 is 0 Å². The van der Waals surface area contributed by atoms with Crippen molar-refractivity contribution in [2.45, 2.75) is 24.8 Å². The molecule has 0 unspecified atom stereocenters. The van der Waals surface area contributed by atoms with Crippen molar-refractivity contribution in [3.63, 3.8) is 0 Å². The Morgan fingerprint density at radius 3 is 2.32 bits per heavy atom. The Morgan fingerprint density at radius 2 is 1.71 bits per heavy atom. The van der Waals surface area contributed by atoms with Gasteiger partial charge in [0.05, 0.1) is 17.6 Å². The molecule has 0 radical (unpaired) electrons. The van der Waals surface area contributed by atoms with Crippen molar-refractivity contribution in [3.05, 3.63) is 65.2 Å². The molecule has 2 aromatic rings. The van der Waals surface area contributed by atoms with Crippen LogP contribution in [-0.4, -0.2) is 66.8 Å². The van der Waals surface area contributed by atoms with Crippen molar-refractivity contribution in [3.8, 4) is 0 Å². The summed E-state index contributed by atoms with van der Waals surface area (Å²) >= 11 is 0. The Labute approximate surface area is 198 Å². The lowest BCUT2D eigenvalue weighted by atomic mass is 9.87. The fraction of sp³-hybridized carbons (Fsp3) is 0.360. The maximum absolute atomic E-state index is 13.3. The summed E-state index contributed by atoms with van der Waals surface area (Å²) in [6, 6.07) is 14.3. The van der Waals surface area contributed by atoms with Crippen LogP contribution in [0.25, 0.3) is 0 Å². The fourth-order valence-electron chi connectivity index (χ4n) is 4.88. The number of guanidine groups is 1. The second kappa shape index (κ2) is 8.81. The SMILES string of the molecule is NC1=NCC2(CCN(C(=O)c3ccccc3C(=O)Cc3ccc(N4CCNC4=O)cc3)CC2)N1. The molecule has 34 heavy (non-hydrogen) atoms. The van der Waals surface area contributed by atoms with E-state index in [-0.39, 0.29) is 29.7 Å². The van der Waals surface area contributed by atoms with Crippen LogP contribution in [0.15, 0.2) is 53.5 Å². The van der Waals surface area contributed by atoms with Gasteiger partial charge in [0.15, 0.2) is 11.7 Å². The number of hydrogen-bond donors (Lipinski definition) is 3. The van der Waals surface area contributed by atoms with Crippen molar-refractivity contribution in [1.82, 2.24) is 15.5 Å². The number of ketones is 1. The van der Waals surface area contributed by atoms with Gasteiger partial charge in [-0.1, -0.05) is 30.3 Å². The van der Waals surface area contributed by atoms with Gasteiger partial charge in [0.25, 0.3) is 5.91 Å². The molecule has 0 bridgehead atoms. The molecule has 0 saturated carbocycles. The second-order valence-corrected chi connectivity index (χ2v) is 9.09. The quantitative estimate of drug-likeness (QED) is 0.585. The minimum absolute atomic E-state index is 0.109. The molecule has 5 rings (SSSR count). The number of rotatable bonds is 5. The summed E-state index contributed by atoms with van der Waals surface area (Å²) in [6.07, 6.45) is 1.71. The zero-order valence-corrected chi connectivity index (χ0v) is 18.9. The molecule has 0 aliphatic carbocycles. The number of anilines is 1. The summed E-state index contributed by atoms with van der Waals surface area (Å²) in [5.41, 5.74) is 8.13. The maximum Gasteiger partial charge on any atom is 0.321 e. The molecule has 9 heteroatoms. The predicted molar refractivity (Wildman–Crippen MR) is 129 cm³/mol. The number of carbonyl (C=O) groups is 3. The third kappa shape index (κ3) is 4.21. The number of hydrogen-bond acceptors (Lipinski definition) is 6. The Kier molecular flexibility index (Phi) is 5.69. The van der Waals surface area contributed by atoms with Crippen molar-refractivity contribution < 1.29 is 14.4 Å². The highest BCUT2D eigenvalue weighted by molar-refractivity contribution is 6.08. The van der Waals surface area contributed by atoms with E-state index < -0.39 is 0 Å². The third-order valence-corrected chi connectivity index (χ3v) is 6.88. The van der Waals surface area contributed by atoms with Gasteiger partial charge in [0.2, 0.25) is 0 Å². The van der Waals surface area contributed by atoms with Gasteiger partial charge >= 0.3 is 6.03 Å². The minimum atomic E-state index is -0.155. The number of piperidine rings is 1. The average molecular weight is 461 g/mol. The van der Waals surface area contributed by atoms with Gasteiger partial charge in [-0.2, -0.15) is 0 Å². The van der Waals surface area contributed by atoms with Crippen molar-refractivity contribution >= 4 is 29.4 Å². The highest BCUT2D eigenvalue weighted by Crippen LogP contribution is 2.27. The van der Waals surface area contributed by atoms with Crippen molar-refractivity contribution in [2.24, 2.45) is 10.7 Å². The average Bonchev–Trinajstić information content (AvgIpc) is 3.44. The van der Waals surface area contributed by atoms with Gasteiger partial charge in [-0.15, -0.1) is 0 Å². The van der Waals surface area contributed by atoms with E-state index in [2.05, 4.69) is 15.6 Å². The second-order valence-electron chi connectivity index (χ2n) is 9.09. The van der Waals surface area contributed by atoms with E-state index in [0.717, 1.165) is 24.1 Å². The van der Waals surface area contributed by atoms with Crippen LogP contribution in [0.1, 0.15) is 39.1 Å². The normalized spacial score (nSPS) is 19.1. The molecule has 2 saturated heterocycles. The Balaban J connectivity index is 1.26. The lowest BCUT2D eigenvalue weighted by Crippen LogP contribution is -2.55. The number of nitrogens with two attached hydrogens (primary N) is 1. The molecule has 176 valence electrons. The number of carbonyl (C=O) groups excluding carboxylic acids is 3. The van der Waals surface area contributed by atoms with Crippen LogP contribution in [0.2, 0.25) is 0 Å². The largest absolute Gasteiger partial charge is 0.370 e. The van der Waals surface area contributed by atoms with E-state index in [1.165, 1.54) is 0 Å². The highest BCUT2D eigenvalue weighted by Gasteiger charge is 2.39. The van der Waals surface area contributed by atoms with E-state index in [4.69, 9.17) is 5.73 Å². The molecule has 3 aliphatic heterocycles. The number of likely N-dealkylation sites (tertiary alicyclic amines) is 1. The Bertz CT molecular complexity index is 1150. The lowest BCUT2D eigenvalue weighted by molar-refractivity contribution is 0.0664. The lowest BCUT2D eigenvalue weighted by Gasteiger charge is -2.39. The Morgan fingerprint density at radius 1 is 1.00 bits per heavy atom. The summed E-state index contributed by atoms with van der Waals surface area (Å²) in [5.74, 6) is 0.233. The fourth-order valence-corrected chi connectivity index (χ4v) is 4.88. The van der Waals surface area contributed by atoms with Crippen molar-refractivity contribution in [2.75, 3.05) is 37.6 Å². The standard InChI is InChI=1S/C25H28N6O3/c26-23-28-16-25(29-23)9-12-30(13-10-25)22(33)20-4-2-1-3-19(20)21(32)15-17-5-7-18(8-6-17)31-14-11-27-24(31)34/h1-8H,9-16H2,(H,27,34)(H3,26,28,29). The summed E-state index contributed by atoms with van der Waals surface area (Å²) in [4.78, 5) is 46.1. The molecule has 0 atom stereocenters. The van der Waals surface area contributed by atoms with E-state index in [1.54, 1.807) is 29.2 Å². The molecular formula is C25H28N6O3. The van der Waals surface area contributed by atoms with Crippen LogP contribution in [0.3, 0.4) is 0 Å². The molecule has 0 aromatic heterocycles. The predicted octanol–water partition coefficient (Wildman–Crippen LogP) is 1.53. The maximum atomic E-state index is 13.3. The van der Waals surface area contributed by atoms with E-state index in [1.807, 2.05) is 29.2 Å². The number of amides is 3. The molecular weight excluding hydrogens is 432 g/mol. The van der Waals surface area contributed by atoms with Gasteiger partial charge in [0.1, 0.15) is 0 Å². The number of benzene rings is 2. The van der Waals surface area contributed by atoms with Gasteiger partial charge in [0, 0.05) is 43.9 Å². The van der Waals surface area contributed by atoms with Crippen LogP contribution in [0.5, 0.6) is 0 Å². The van der Waals surface area contributed by atoms with Crippen LogP contribution in [0, 0.1) is 0 Å². The van der Waals surface area contributed by atoms with Gasteiger partial charge in [-0.25, -0.2) is 4.79 Å². The zero-order chi connectivity index (χ0) is 23.7. The van der Waals surface area contributed by atoms with Crippen LogP contribution in [-0.2, 0) is 6.42 Å². The number of nitrogens with one attached hydrogen (secondary N) is 2. The van der Waals surface area contributed by atoms with E-state index in [0.29, 0.717) is 49.8 Å². The zero-order valence-electron chi connectivity index (χ0n) is 18.9. The third-order valence-electron chi connectivity index (χ3n) is 6.88. The van der Waals surface area contributed by atoms with E-state index in [9.17, 15) is 14.4 Å². The Hall–Kier alpha value is -3.88. The first-order valence-corrected chi connectivity index (χ1v) is 11.6. The molecule has 1 spiro atoms. The molecule has 2 fully saturated rings. The topological polar surface area (TPSA) is 120 Å². The van der Waals surface area contributed by atoms with Crippen molar-refractivity contribution in [1.29, 1.82) is 0 Å². The minimum Gasteiger partial charge on any atom is -0.370 e. The summed E-state index contributed by atoms with van der Waals surface area (Å²) in [5, 5.41) is 6.04. The van der Waals surface area contributed by atoms with Gasteiger partial charge in [-0.05, 0) is 36.6 Å². The van der Waals surface area contributed by atoms with Gasteiger partial charge < -0.3 is 21.3 Å². The molecule has 3 aliphatic rings.